The molecule has 66 valence electrons. The van der Waals surface area contributed by atoms with Gasteiger partial charge < -0.3 is 10.6 Å². The van der Waals surface area contributed by atoms with Crippen molar-refractivity contribution < 1.29 is 9.59 Å². The molecule has 1 saturated heterocycles. The Kier molecular flexibility index (Phi) is 1.56. The van der Waals surface area contributed by atoms with E-state index in [9.17, 15) is 9.59 Å². The lowest BCUT2D eigenvalue weighted by atomic mass is 9.82. The number of nitrogens with one attached hydrogen (secondary N) is 2. The maximum atomic E-state index is 11.0. The number of hydrogen-bond donors (Lipinski definition) is 2. The third-order valence-electron chi connectivity index (χ3n) is 2.73. The van der Waals surface area contributed by atoms with E-state index in [1.807, 2.05) is 0 Å². The number of carbonyl (C=O) groups is 2. The number of amides is 2. The highest BCUT2D eigenvalue weighted by Gasteiger charge is 2.40. The highest BCUT2D eigenvalue weighted by atomic mass is 16.2. The van der Waals surface area contributed by atoms with Crippen LogP contribution in [-0.2, 0) is 4.79 Å². The first kappa shape index (κ1) is 7.58. The maximum absolute atomic E-state index is 11.0. The summed E-state index contributed by atoms with van der Waals surface area (Å²) in [5.41, 5.74) is -0.106. The van der Waals surface area contributed by atoms with Crippen molar-refractivity contribution in [2.75, 3.05) is 6.54 Å². The van der Waals surface area contributed by atoms with Crippen molar-refractivity contribution in [2.24, 2.45) is 0 Å². The smallest absolute Gasteiger partial charge is 0.315 e. The van der Waals surface area contributed by atoms with Gasteiger partial charge in [0, 0.05) is 19.4 Å². The van der Waals surface area contributed by atoms with E-state index in [-0.39, 0.29) is 11.6 Å². The van der Waals surface area contributed by atoms with Crippen LogP contribution < -0.4 is 10.6 Å². The van der Waals surface area contributed by atoms with Crippen LogP contribution >= 0.6 is 0 Å². The molecule has 12 heavy (non-hydrogen) atoms. The summed E-state index contributed by atoms with van der Waals surface area (Å²) in [5.74, 6) is 0.321. The fourth-order valence-corrected chi connectivity index (χ4v) is 1.89. The number of rotatable bonds is 0. The fourth-order valence-electron chi connectivity index (χ4n) is 1.89. The molecule has 0 radical (unpaired) electrons. The van der Waals surface area contributed by atoms with Gasteiger partial charge in [-0.15, -0.1) is 0 Å². The molecule has 0 atom stereocenters. The molecule has 0 aromatic carbocycles. The highest BCUT2D eigenvalue weighted by molar-refractivity contribution is 5.82. The van der Waals surface area contributed by atoms with Crippen LogP contribution in [0.5, 0.6) is 0 Å². The first-order chi connectivity index (χ1) is 5.70. The second-order valence-electron chi connectivity index (χ2n) is 3.63. The standard InChI is InChI=1S/C8H12N2O2/c11-6-1-3-8(4-2-6)5-9-7(12)10-8/h1-5H2,(H2,9,10,12). The molecule has 2 rings (SSSR count). The Morgan fingerprint density at radius 2 is 1.83 bits per heavy atom. The first-order valence-corrected chi connectivity index (χ1v) is 4.28. The van der Waals surface area contributed by atoms with Gasteiger partial charge in [-0.25, -0.2) is 4.79 Å². The zero-order chi connectivity index (χ0) is 8.60. The van der Waals surface area contributed by atoms with Gasteiger partial charge in [0.1, 0.15) is 5.78 Å². The molecule has 4 nitrogen and oxygen atoms in total. The molecule has 1 saturated carbocycles. The Balaban J connectivity index is 2.04. The summed E-state index contributed by atoms with van der Waals surface area (Å²) >= 11 is 0. The second kappa shape index (κ2) is 2.47. The molecule has 2 N–H and O–H groups in total. The van der Waals surface area contributed by atoms with Crippen molar-refractivity contribution in [1.29, 1.82) is 0 Å². The van der Waals surface area contributed by atoms with E-state index in [4.69, 9.17) is 0 Å². The first-order valence-electron chi connectivity index (χ1n) is 4.28. The Labute approximate surface area is 70.7 Å². The van der Waals surface area contributed by atoms with E-state index in [0.29, 0.717) is 25.2 Å². The molecular weight excluding hydrogens is 156 g/mol. The molecular formula is C8H12N2O2. The Morgan fingerprint density at radius 1 is 1.17 bits per heavy atom. The van der Waals surface area contributed by atoms with E-state index in [0.717, 1.165) is 12.8 Å². The number of hydrogen-bond acceptors (Lipinski definition) is 2. The minimum atomic E-state index is -0.106. The van der Waals surface area contributed by atoms with E-state index >= 15 is 0 Å². The topological polar surface area (TPSA) is 58.2 Å². The lowest BCUT2D eigenvalue weighted by molar-refractivity contribution is -0.121. The van der Waals surface area contributed by atoms with Crippen molar-refractivity contribution in [1.82, 2.24) is 10.6 Å². The van der Waals surface area contributed by atoms with Crippen molar-refractivity contribution in [3.63, 3.8) is 0 Å². The van der Waals surface area contributed by atoms with Crippen LogP contribution in [0.25, 0.3) is 0 Å². The summed E-state index contributed by atoms with van der Waals surface area (Å²) in [6, 6.07) is -0.0932. The van der Waals surface area contributed by atoms with E-state index < -0.39 is 0 Å². The minimum Gasteiger partial charge on any atom is -0.336 e. The van der Waals surface area contributed by atoms with Crippen LogP contribution in [0.4, 0.5) is 4.79 Å². The van der Waals surface area contributed by atoms with Crippen molar-refractivity contribution >= 4 is 11.8 Å². The van der Waals surface area contributed by atoms with Crippen LogP contribution in [0.15, 0.2) is 0 Å². The van der Waals surface area contributed by atoms with Crippen LogP contribution in [0.3, 0.4) is 0 Å². The van der Waals surface area contributed by atoms with Crippen LogP contribution in [0, 0.1) is 0 Å². The average molecular weight is 168 g/mol. The SMILES string of the molecule is O=C1CCC2(CC1)CNC(=O)N2. The zero-order valence-electron chi connectivity index (χ0n) is 6.85. The van der Waals surface area contributed by atoms with Gasteiger partial charge in [0.05, 0.1) is 5.54 Å². The molecule has 4 heteroatoms. The molecule has 1 aliphatic carbocycles. The summed E-state index contributed by atoms with van der Waals surface area (Å²) in [4.78, 5) is 21.8. The molecule has 1 spiro atoms. The Morgan fingerprint density at radius 3 is 2.33 bits per heavy atom. The van der Waals surface area contributed by atoms with Gasteiger partial charge in [-0.2, -0.15) is 0 Å². The summed E-state index contributed by atoms with van der Waals surface area (Å²) in [5, 5.41) is 5.62. The largest absolute Gasteiger partial charge is 0.336 e. The van der Waals surface area contributed by atoms with Gasteiger partial charge in [0.2, 0.25) is 0 Å². The lowest BCUT2D eigenvalue weighted by Crippen LogP contribution is -2.46. The second-order valence-corrected chi connectivity index (χ2v) is 3.63. The molecule has 2 aliphatic rings. The third-order valence-corrected chi connectivity index (χ3v) is 2.73. The van der Waals surface area contributed by atoms with Gasteiger partial charge in [0.25, 0.3) is 0 Å². The molecule has 0 bridgehead atoms. The zero-order valence-corrected chi connectivity index (χ0v) is 6.85. The lowest BCUT2D eigenvalue weighted by Gasteiger charge is -2.30. The third kappa shape index (κ3) is 1.17. The molecule has 1 heterocycles. The quantitative estimate of drug-likeness (QED) is 0.542. The predicted octanol–water partition coefficient (Wildman–Crippen LogP) is 0.181. The van der Waals surface area contributed by atoms with Crippen LogP contribution in [0.1, 0.15) is 25.7 Å². The average Bonchev–Trinajstić information content (AvgIpc) is 2.40. The van der Waals surface area contributed by atoms with Gasteiger partial charge in [-0.3, -0.25) is 4.79 Å². The number of carbonyl (C=O) groups excluding carboxylic acids is 2. The highest BCUT2D eigenvalue weighted by Crippen LogP contribution is 2.27. The summed E-state index contributed by atoms with van der Waals surface area (Å²) < 4.78 is 0. The number of urea groups is 1. The van der Waals surface area contributed by atoms with Crippen molar-refractivity contribution in [3.8, 4) is 0 Å². The van der Waals surface area contributed by atoms with Crippen LogP contribution in [0.2, 0.25) is 0 Å². The van der Waals surface area contributed by atoms with Crippen LogP contribution in [-0.4, -0.2) is 23.9 Å². The van der Waals surface area contributed by atoms with E-state index in [1.54, 1.807) is 0 Å². The van der Waals surface area contributed by atoms with Gasteiger partial charge >= 0.3 is 6.03 Å². The summed E-state index contributed by atoms with van der Waals surface area (Å²) in [7, 11) is 0. The summed E-state index contributed by atoms with van der Waals surface area (Å²) in [6.07, 6.45) is 2.82. The van der Waals surface area contributed by atoms with E-state index in [1.165, 1.54) is 0 Å². The van der Waals surface area contributed by atoms with Gasteiger partial charge in [-0.05, 0) is 12.8 Å². The fraction of sp³-hybridized carbons (Fsp3) is 0.750. The van der Waals surface area contributed by atoms with Gasteiger partial charge in [-0.1, -0.05) is 0 Å². The predicted molar refractivity (Wildman–Crippen MR) is 42.7 cm³/mol. The number of ketones is 1. The molecule has 2 amide bonds. The Hall–Kier alpha value is -1.06. The molecule has 0 unspecified atom stereocenters. The molecule has 0 aromatic rings. The van der Waals surface area contributed by atoms with Crippen molar-refractivity contribution in [3.05, 3.63) is 0 Å². The minimum absolute atomic E-state index is 0.0932. The normalized spacial score (nSPS) is 27.0. The maximum Gasteiger partial charge on any atom is 0.315 e. The van der Waals surface area contributed by atoms with Crippen molar-refractivity contribution in [2.45, 2.75) is 31.2 Å². The Bertz CT molecular complexity index is 227. The number of Topliss-reactive ketones (excluding diaryl/α,β-unsaturated/α-hetero) is 1. The molecule has 2 fully saturated rings. The molecule has 1 aliphatic heterocycles. The van der Waals surface area contributed by atoms with Gasteiger partial charge in [0.15, 0.2) is 0 Å². The van der Waals surface area contributed by atoms with E-state index in [2.05, 4.69) is 10.6 Å². The summed E-state index contributed by atoms with van der Waals surface area (Å²) in [6.45, 7) is 0.680. The monoisotopic (exact) mass is 168 g/mol. The molecule has 0 aromatic heterocycles.